The average Bonchev–Trinajstić information content (AvgIpc) is 3.34. The number of rotatable bonds is 10. The monoisotopic (exact) mass is 567 g/mol. The third-order valence-corrected chi connectivity index (χ3v) is 7.68. The van der Waals surface area contributed by atoms with Gasteiger partial charge in [0.25, 0.3) is 0 Å². The van der Waals surface area contributed by atoms with E-state index in [9.17, 15) is 14.7 Å². The fourth-order valence-corrected chi connectivity index (χ4v) is 5.55. The molecule has 1 amide bonds. The summed E-state index contributed by atoms with van der Waals surface area (Å²) < 4.78 is 22.6. The third kappa shape index (κ3) is 5.48. The van der Waals surface area contributed by atoms with Gasteiger partial charge >= 0.3 is 12.1 Å². The van der Waals surface area contributed by atoms with Crippen LogP contribution in [0, 0.1) is 0 Å². The minimum absolute atomic E-state index is 0.0627. The number of carbonyl (C=O) groups is 2. The molecule has 0 aliphatic heterocycles. The van der Waals surface area contributed by atoms with Crippen molar-refractivity contribution < 1.29 is 33.6 Å². The van der Waals surface area contributed by atoms with Gasteiger partial charge in [-0.3, -0.25) is 9.69 Å². The lowest BCUT2D eigenvalue weighted by molar-refractivity contribution is -0.136. The maximum Gasteiger partial charge on any atom is 0.414 e. The van der Waals surface area contributed by atoms with Crippen LogP contribution in [-0.4, -0.2) is 52.2 Å². The summed E-state index contributed by atoms with van der Waals surface area (Å²) >= 11 is 0. The van der Waals surface area contributed by atoms with Crippen LogP contribution in [0.2, 0.25) is 0 Å². The molecule has 4 aromatic carbocycles. The van der Waals surface area contributed by atoms with Gasteiger partial charge in [0.2, 0.25) is 0 Å². The minimum Gasteiger partial charge on any atom is -0.497 e. The first-order valence-electron chi connectivity index (χ1n) is 13.6. The summed E-state index contributed by atoms with van der Waals surface area (Å²) in [6.07, 6.45) is -0.314. The average molecular weight is 568 g/mol. The number of benzene rings is 4. The second-order valence-electron chi connectivity index (χ2n) is 10.0. The lowest BCUT2D eigenvalue weighted by atomic mass is 9.96. The number of hydrogen-bond donors (Lipinski definition) is 1. The van der Waals surface area contributed by atoms with E-state index in [1.54, 1.807) is 39.5 Å². The number of ether oxygens (including phenoxy) is 4. The summed E-state index contributed by atoms with van der Waals surface area (Å²) in [7, 11) is 6.30. The highest BCUT2D eigenvalue weighted by atomic mass is 16.6. The zero-order valence-corrected chi connectivity index (χ0v) is 24.0. The molecule has 0 unspecified atom stereocenters. The molecule has 0 atom stereocenters. The molecule has 8 heteroatoms. The topological polar surface area (TPSA) is 94.5 Å². The number of amides is 1. The van der Waals surface area contributed by atoms with Gasteiger partial charge in [-0.2, -0.15) is 0 Å². The van der Waals surface area contributed by atoms with Crippen molar-refractivity contribution in [3.63, 3.8) is 0 Å². The van der Waals surface area contributed by atoms with Crippen molar-refractivity contribution in [3.8, 4) is 39.5 Å². The normalized spacial score (nSPS) is 11.8. The Morgan fingerprint density at radius 1 is 0.762 bits per heavy atom. The molecule has 8 nitrogen and oxygen atoms in total. The number of methoxy groups -OCH3 is 3. The van der Waals surface area contributed by atoms with Gasteiger partial charge in [0.15, 0.2) is 0 Å². The number of nitrogens with zero attached hydrogens (tertiary/aromatic N) is 1. The molecule has 1 aliphatic carbocycles. The van der Waals surface area contributed by atoms with Crippen molar-refractivity contribution in [2.75, 3.05) is 39.9 Å². The molecule has 0 aromatic heterocycles. The first-order chi connectivity index (χ1) is 20.4. The van der Waals surface area contributed by atoms with Gasteiger partial charge in [-0.15, -0.1) is 0 Å². The fourth-order valence-electron chi connectivity index (χ4n) is 5.55. The first-order valence-corrected chi connectivity index (χ1v) is 13.6. The van der Waals surface area contributed by atoms with Crippen LogP contribution in [0.3, 0.4) is 0 Å². The number of carboxylic acids is 1. The highest BCUT2D eigenvalue weighted by molar-refractivity contribution is 5.95. The predicted molar refractivity (Wildman–Crippen MR) is 161 cm³/mol. The number of hydrogen-bond acceptors (Lipinski definition) is 6. The van der Waals surface area contributed by atoms with Crippen LogP contribution >= 0.6 is 0 Å². The molecule has 42 heavy (non-hydrogen) atoms. The van der Waals surface area contributed by atoms with Crippen LogP contribution in [-0.2, 0) is 16.0 Å². The molecule has 0 fully saturated rings. The molecule has 0 saturated heterocycles. The molecule has 0 heterocycles. The highest BCUT2D eigenvalue weighted by Crippen LogP contribution is 2.45. The Labute approximate surface area is 245 Å². The summed E-state index contributed by atoms with van der Waals surface area (Å²) in [5.41, 5.74) is 7.17. The van der Waals surface area contributed by atoms with Gasteiger partial charge in [0.05, 0.1) is 27.0 Å². The summed E-state index contributed by atoms with van der Waals surface area (Å²) in [4.78, 5) is 26.3. The van der Waals surface area contributed by atoms with E-state index in [0.717, 1.165) is 22.3 Å². The lowest BCUT2D eigenvalue weighted by Crippen LogP contribution is -2.29. The molecule has 0 saturated carbocycles. The van der Waals surface area contributed by atoms with Gasteiger partial charge in [-0.1, -0.05) is 48.5 Å². The van der Waals surface area contributed by atoms with E-state index in [2.05, 4.69) is 24.3 Å². The van der Waals surface area contributed by atoms with Crippen molar-refractivity contribution in [3.05, 3.63) is 95.6 Å². The molecule has 4 aromatic rings. The van der Waals surface area contributed by atoms with Gasteiger partial charge < -0.3 is 24.1 Å². The number of carbonyl (C=O) groups excluding carboxylic acids is 1. The van der Waals surface area contributed by atoms with Crippen molar-refractivity contribution in [1.82, 2.24) is 0 Å². The summed E-state index contributed by atoms with van der Waals surface area (Å²) in [5.74, 6) is 0.627. The molecule has 0 bridgehead atoms. The van der Waals surface area contributed by atoms with E-state index in [-0.39, 0.29) is 25.4 Å². The summed E-state index contributed by atoms with van der Waals surface area (Å²) in [6.45, 7) is 0.188. The van der Waals surface area contributed by atoms with Crippen LogP contribution in [0.1, 0.15) is 29.0 Å². The maximum absolute atomic E-state index is 13.5. The van der Waals surface area contributed by atoms with Crippen molar-refractivity contribution >= 4 is 17.7 Å². The molecule has 5 rings (SSSR count). The van der Waals surface area contributed by atoms with Gasteiger partial charge in [0, 0.05) is 36.6 Å². The van der Waals surface area contributed by atoms with Crippen molar-refractivity contribution in [1.29, 1.82) is 0 Å². The quantitative estimate of drug-likeness (QED) is 0.226. The third-order valence-electron chi connectivity index (χ3n) is 7.68. The fraction of sp³-hybridized carbons (Fsp3) is 0.235. The second-order valence-corrected chi connectivity index (χ2v) is 10.0. The molecule has 0 radical (unpaired) electrons. The molecule has 1 aliphatic rings. The summed E-state index contributed by atoms with van der Waals surface area (Å²) in [5, 5.41) is 9.27. The van der Waals surface area contributed by atoms with Crippen LogP contribution in [0.4, 0.5) is 10.5 Å². The van der Waals surface area contributed by atoms with Crippen LogP contribution in [0.5, 0.6) is 17.2 Å². The van der Waals surface area contributed by atoms with Crippen LogP contribution in [0.25, 0.3) is 22.3 Å². The number of aliphatic carboxylic acids is 1. The summed E-state index contributed by atoms with van der Waals surface area (Å²) in [6, 6.07) is 25.3. The SMILES string of the molecule is COc1ccc(N(C)C(=O)OCC2c3ccccc3-c3ccccc32)c(-c2cc(CCC(=O)O)c(OC)cc2OC)c1. The molecule has 1 N–H and O–H groups in total. The van der Waals surface area contributed by atoms with Gasteiger partial charge in [-0.05, 0) is 58.5 Å². The Hall–Kier alpha value is -4.98. The predicted octanol–water partition coefficient (Wildman–Crippen LogP) is 6.78. The molecule has 216 valence electrons. The zero-order valence-electron chi connectivity index (χ0n) is 24.0. The van der Waals surface area contributed by atoms with Crippen molar-refractivity contribution in [2.45, 2.75) is 18.8 Å². The van der Waals surface area contributed by atoms with Crippen molar-refractivity contribution in [2.24, 2.45) is 0 Å². The number of fused-ring (bicyclic) bond motifs is 3. The van der Waals surface area contributed by atoms with E-state index in [0.29, 0.717) is 39.6 Å². The minimum atomic E-state index is -0.911. The Balaban J connectivity index is 1.47. The Kier molecular flexibility index (Phi) is 8.33. The molecular weight excluding hydrogens is 534 g/mol. The van der Waals surface area contributed by atoms with E-state index >= 15 is 0 Å². The van der Waals surface area contributed by atoms with Gasteiger partial charge in [0.1, 0.15) is 23.9 Å². The first kappa shape index (κ1) is 28.5. The van der Waals surface area contributed by atoms with E-state index < -0.39 is 12.1 Å². The van der Waals surface area contributed by atoms with Crippen LogP contribution < -0.4 is 19.1 Å². The largest absolute Gasteiger partial charge is 0.497 e. The lowest BCUT2D eigenvalue weighted by Gasteiger charge is -2.24. The van der Waals surface area contributed by atoms with E-state index in [4.69, 9.17) is 18.9 Å². The van der Waals surface area contributed by atoms with Crippen LogP contribution in [0.15, 0.2) is 78.9 Å². The van der Waals surface area contributed by atoms with E-state index in [1.165, 1.54) is 12.0 Å². The number of aryl methyl sites for hydroxylation is 1. The molecular formula is C34H33NO7. The molecule has 0 spiro atoms. The number of carboxylic acid groups (broad SMARTS) is 1. The second kappa shape index (κ2) is 12.3. The maximum atomic E-state index is 13.5. The Morgan fingerprint density at radius 2 is 1.40 bits per heavy atom. The Bertz CT molecular complexity index is 1580. The smallest absolute Gasteiger partial charge is 0.414 e. The highest BCUT2D eigenvalue weighted by Gasteiger charge is 2.30. The van der Waals surface area contributed by atoms with E-state index in [1.807, 2.05) is 36.4 Å². The standard InChI is InChI=1S/C34H33NO7/c1-35(34(38)42-20-29-25-11-7-5-9-23(25)24-10-6-8-12-26(24)29)30-15-14-22(39-2)18-27(30)28-17-21(13-16-33(36)37)31(40-3)19-32(28)41-4/h5-12,14-15,17-19,29H,13,16,20H2,1-4H3,(H,36,37). The number of anilines is 1. The zero-order chi connectivity index (χ0) is 29.8. The van der Waals surface area contributed by atoms with Gasteiger partial charge in [-0.25, -0.2) is 4.79 Å². The Morgan fingerprint density at radius 3 is 2.00 bits per heavy atom.